The molecule has 0 bridgehead atoms. The Kier molecular flexibility index (Phi) is 4.00. The lowest BCUT2D eigenvalue weighted by molar-refractivity contribution is -0.148. The number of hydrogen-bond donors (Lipinski definition) is 2. The van der Waals surface area contributed by atoms with Gasteiger partial charge in [0.25, 0.3) is 0 Å². The smallest absolute Gasteiger partial charge is 0.309 e. The zero-order valence-electron chi connectivity index (χ0n) is 9.96. The molecule has 0 aliphatic heterocycles. The molecule has 1 amide bonds. The van der Waals surface area contributed by atoms with Crippen molar-refractivity contribution in [3.63, 3.8) is 0 Å². The van der Waals surface area contributed by atoms with Gasteiger partial charge in [0.05, 0.1) is 5.41 Å². The van der Waals surface area contributed by atoms with Gasteiger partial charge < -0.3 is 10.4 Å². The molecule has 0 spiro atoms. The van der Waals surface area contributed by atoms with Crippen LogP contribution in [0, 0.1) is 17.0 Å². The number of benzene rings is 1. The fourth-order valence-electron chi connectivity index (χ4n) is 1.26. The predicted octanol–water partition coefficient (Wildman–Crippen LogP) is 2.40. The number of nitrogens with one attached hydrogen (secondary N) is 1. The van der Waals surface area contributed by atoms with Crippen LogP contribution in [0.3, 0.4) is 0 Å². The van der Waals surface area contributed by atoms with Gasteiger partial charge in [-0.3, -0.25) is 9.59 Å². The molecule has 1 aromatic carbocycles. The van der Waals surface area contributed by atoms with Crippen LogP contribution in [-0.4, -0.2) is 17.0 Å². The molecule has 18 heavy (non-hydrogen) atoms. The summed E-state index contributed by atoms with van der Waals surface area (Å²) >= 11 is 0. The fourth-order valence-corrected chi connectivity index (χ4v) is 1.26. The topological polar surface area (TPSA) is 66.4 Å². The minimum Gasteiger partial charge on any atom is -0.481 e. The number of carbonyl (C=O) groups is 2. The van der Waals surface area contributed by atoms with Gasteiger partial charge in [0.2, 0.25) is 5.91 Å². The third-order valence-corrected chi connectivity index (χ3v) is 2.38. The number of aliphatic carboxylic acids is 1. The first-order chi connectivity index (χ1) is 8.22. The van der Waals surface area contributed by atoms with E-state index in [1.54, 1.807) is 0 Å². The van der Waals surface area contributed by atoms with Crippen LogP contribution < -0.4 is 5.32 Å². The molecule has 0 saturated heterocycles. The molecule has 0 heterocycles. The Morgan fingerprint density at radius 3 is 2.39 bits per heavy atom. The van der Waals surface area contributed by atoms with Gasteiger partial charge in [-0.05, 0) is 26.0 Å². The van der Waals surface area contributed by atoms with Gasteiger partial charge in [0.15, 0.2) is 11.6 Å². The third kappa shape index (κ3) is 3.51. The number of hydrogen-bond acceptors (Lipinski definition) is 2. The Morgan fingerprint density at radius 2 is 1.89 bits per heavy atom. The number of amides is 1. The van der Waals surface area contributed by atoms with Gasteiger partial charge in [0, 0.05) is 18.2 Å². The van der Waals surface area contributed by atoms with Crippen LogP contribution in [0.4, 0.5) is 14.5 Å². The summed E-state index contributed by atoms with van der Waals surface area (Å²) in [5, 5.41) is 11.2. The maximum absolute atomic E-state index is 12.9. The molecule has 0 aliphatic carbocycles. The minimum absolute atomic E-state index is 0.0834. The van der Waals surface area contributed by atoms with Crippen molar-refractivity contribution in [3.8, 4) is 0 Å². The number of carboxylic acids is 1. The Balaban J connectivity index is 2.71. The van der Waals surface area contributed by atoms with Crippen molar-refractivity contribution in [1.82, 2.24) is 0 Å². The van der Waals surface area contributed by atoms with Crippen LogP contribution in [0.5, 0.6) is 0 Å². The summed E-state index contributed by atoms with van der Waals surface area (Å²) < 4.78 is 25.5. The Morgan fingerprint density at radius 1 is 1.28 bits per heavy atom. The van der Waals surface area contributed by atoms with Gasteiger partial charge in [0.1, 0.15) is 0 Å². The van der Waals surface area contributed by atoms with E-state index >= 15 is 0 Å². The van der Waals surface area contributed by atoms with Crippen molar-refractivity contribution in [2.45, 2.75) is 20.3 Å². The second-order valence-corrected chi connectivity index (χ2v) is 4.54. The average molecular weight is 257 g/mol. The Labute approximate surface area is 103 Å². The summed E-state index contributed by atoms with van der Waals surface area (Å²) in [4.78, 5) is 22.4. The summed E-state index contributed by atoms with van der Waals surface area (Å²) in [7, 11) is 0. The second-order valence-electron chi connectivity index (χ2n) is 4.54. The highest BCUT2D eigenvalue weighted by molar-refractivity contribution is 5.94. The molecule has 1 aromatic rings. The molecular weight excluding hydrogens is 244 g/mol. The van der Waals surface area contributed by atoms with E-state index in [1.165, 1.54) is 19.9 Å². The predicted molar refractivity (Wildman–Crippen MR) is 61.0 cm³/mol. The first kappa shape index (κ1) is 14.1. The first-order valence-corrected chi connectivity index (χ1v) is 5.20. The molecule has 0 radical (unpaired) electrons. The highest BCUT2D eigenvalue weighted by Gasteiger charge is 2.30. The summed E-state index contributed by atoms with van der Waals surface area (Å²) in [6.45, 7) is 2.81. The molecule has 0 fully saturated rings. The standard InChI is InChI=1S/C12H13F2NO3/c1-12(2,11(17)18)6-10(16)15-7-3-4-8(13)9(14)5-7/h3-5H,6H2,1-2H3,(H,15,16)(H,17,18). The summed E-state index contributed by atoms with van der Waals surface area (Å²) in [6.07, 6.45) is -0.263. The number of carbonyl (C=O) groups excluding carboxylic acids is 1. The molecule has 0 aliphatic rings. The SMILES string of the molecule is CC(C)(CC(=O)Nc1ccc(F)c(F)c1)C(=O)O. The van der Waals surface area contributed by atoms with Gasteiger partial charge in [-0.25, -0.2) is 8.78 Å². The van der Waals surface area contributed by atoms with E-state index in [0.29, 0.717) is 0 Å². The van der Waals surface area contributed by atoms with Crippen molar-refractivity contribution in [3.05, 3.63) is 29.8 Å². The lowest BCUT2D eigenvalue weighted by Gasteiger charge is -2.18. The maximum atomic E-state index is 12.9. The van der Waals surface area contributed by atoms with Crippen LogP contribution in [0.15, 0.2) is 18.2 Å². The van der Waals surface area contributed by atoms with E-state index in [4.69, 9.17) is 5.11 Å². The van der Waals surface area contributed by atoms with E-state index in [-0.39, 0.29) is 12.1 Å². The molecule has 98 valence electrons. The molecular formula is C12H13F2NO3. The Bertz CT molecular complexity index is 486. The molecule has 6 heteroatoms. The van der Waals surface area contributed by atoms with Crippen molar-refractivity contribution < 1.29 is 23.5 Å². The van der Waals surface area contributed by atoms with Crippen molar-refractivity contribution in [2.75, 3.05) is 5.32 Å². The first-order valence-electron chi connectivity index (χ1n) is 5.20. The van der Waals surface area contributed by atoms with Crippen LogP contribution in [0.25, 0.3) is 0 Å². The van der Waals surface area contributed by atoms with Crippen LogP contribution in [0.1, 0.15) is 20.3 Å². The third-order valence-electron chi connectivity index (χ3n) is 2.38. The number of rotatable bonds is 4. The highest BCUT2D eigenvalue weighted by Crippen LogP contribution is 2.21. The van der Waals surface area contributed by atoms with Crippen LogP contribution in [0.2, 0.25) is 0 Å². The molecule has 0 saturated carbocycles. The van der Waals surface area contributed by atoms with E-state index in [0.717, 1.165) is 12.1 Å². The average Bonchev–Trinajstić information content (AvgIpc) is 2.22. The van der Waals surface area contributed by atoms with Gasteiger partial charge >= 0.3 is 5.97 Å². The number of anilines is 1. The van der Waals surface area contributed by atoms with Crippen molar-refractivity contribution in [2.24, 2.45) is 5.41 Å². The van der Waals surface area contributed by atoms with Gasteiger partial charge in [-0.2, -0.15) is 0 Å². The highest BCUT2D eigenvalue weighted by atomic mass is 19.2. The number of carboxylic acid groups (broad SMARTS) is 1. The van der Waals surface area contributed by atoms with E-state index in [1.807, 2.05) is 0 Å². The van der Waals surface area contributed by atoms with E-state index in [2.05, 4.69) is 5.32 Å². The van der Waals surface area contributed by atoms with E-state index < -0.39 is 28.9 Å². The summed E-state index contributed by atoms with van der Waals surface area (Å²) in [5.41, 5.74) is -1.14. The quantitative estimate of drug-likeness (QED) is 0.870. The molecule has 0 aromatic heterocycles. The summed E-state index contributed by atoms with van der Waals surface area (Å²) in [5.74, 6) is -3.78. The fraction of sp³-hybridized carbons (Fsp3) is 0.333. The van der Waals surface area contributed by atoms with Crippen molar-refractivity contribution >= 4 is 17.6 Å². The van der Waals surface area contributed by atoms with Gasteiger partial charge in [-0.1, -0.05) is 0 Å². The lowest BCUT2D eigenvalue weighted by atomic mass is 9.89. The van der Waals surface area contributed by atoms with Crippen LogP contribution >= 0.6 is 0 Å². The molecule has 4 nitrogen and oxygen atoms in total. The molecule has 0 atom stereocenters. The molecule has 2 N–H and O–H groups in total. The Hall–Kier alpha value is -1.98. The zero-order chi connectivity index (χ0) is 13.9. The van der Waals surface area contributed by atoms with E-state index in [9.17, 15) is 18.4 Å². The minimum atomic E-state index is -1.22. The summed E-state index contributed by atoms with van der Waals surface area (Å²) in [6, 6.07) is 2.92. The normalized spacial score (nSPS) is 11.1. The lowest BCUT2D eigenvalue weighted by Crippen LogP contribution is -2.29. The monoisotopic (exact) mass is 257 g/mol. The van der Waals surface area contributed by atoms with Crippen LogP contribution in [-0.2, 0) is 9.59 Å². The van der Waals surface area contributed by atoms with Crippen molar-refractivity contribution in [1.29, 1.82) is 0 Å². The molecule has 0 unspecified atom stereocenters. The zero-order valence-corrected chi connectivity index (χ0v) is 9.96. The number of halogens is 2. The van der Waals surface area contributed by atoms with Gasteiger partial charge in [-0.15, -0.1) is 0 Å². The second kappa shape index (κ2) is 5.12. The largest absolute Gasteiger partial charge is 0.481 e. The maximum Gasteiger partial charge on any atom is 0.309 e. The molecule has 1 rings (SSSR count).